The van der Waals surface area contributed by atoms with E-state index in [4.69, 9.17) is 23.2 Å². The summed E-state index contributed by atoms with van der Waals surface area (Å²) in [4.78, 5) is 0. The maximum atomic E-state index is 13.4. The number of benzene rings is 1. The van der Waals surface area contributed by atoms with Crippen LogP contribution in [0.15, 0.2) is 12.1 Å². The van der Waals surface area contributed by atoms with Gasteiger partial charge in [0.1, 0.15) is 0 Å². The zero-order valence-electron chi connectivity index (χ0n) is 13.0. The van der Waals surface area contributed by atoms with E-state index in [1.165, 1.54) is 19.3 Å². The molecule has 1 aromatic rings. The highest BCUT2D eigenvalue weighted by Crippen LogP contribution is 2.41. The Kier molecular flexibility index (Phi) is 5.43. The van der Waals surface area contributed by atoms with Gasteiger partial charge in [-0.2, -0.15) is 0 Å². The molecule has 21 heavy (non-hydrogen) atoms. The van der Waals surface area contributed by atoms with Gasteiger partial charge in [0.25, 0.3) is 0 Å². The molecule has 1 aromatic carbocycles. The minimum absolute atomic E-state index is 0.0748. The summed E-state index contributed by atoms with van der Waals surface area (Å²) >= 11 is 11.7. The van der Waals surface area contributed by atoms with Crippen LogP contribution >= 0.6 is 23.2 Å². The van der Waals surface area contributed by atoms with Crippen molar-refractivity contribution in [1.82, 2.24) is 0 Å². The van der Waals surface area contributed by atoms with E-state index in [1.54, 1.807) is 12.1 Å². The van der Waals surface area contributed by atoms with Crippen molar-refractivity contribution in [1.29, 1.82) is 0 Å². The largest absolute Gasteiger partial charge is 0.382 e. The van der Waals surface area contributed by atoms with Crippen LogP contribution in [0.3, 0.4) is 0 Å². The fourth-order valence-corrected chi connectivity index (χ4v) is 3.67. The van der Waals surface area contributed by atoms with Crippen LogP contribution in [-0.4, -0.2) is 6.04 Å². The summed E-state index contributed by atoms with van der Waals surface area (Å²) in [5.41, 5.74) is 1.23. The molecule has 1 nitrogen and oxygen atoms in total. The number of halogens is 3. The molecule has 0 aliphatic heterocycles. The van der Waals surface area contributed by atoms with E-state index in [0.29, 0.717) is 11.5 Å². The van der Waals surface area contributed by atoms with Gasteiger partial charge in [0.2, 0.25) is 0 Å². The monoisotopic (exact) mass is 331 g/mol. The average Bonchev–Trinajstić information content (AvgIpc) is 2.45. The van der Waals surface area contributed by atoms with Gasteiger partial charge in [-0.05, 0) is 49.1 Å². The predicted molar refractivity (Wildman–Crippen MR) is 89.9 cm³/mol. The van der Waals surface area contributed by atoms with Crippen molar-refractivity contribution < 1.29 is 4.39 Å². The van der Waals surface area contributed by atoms with Gasteiger partial charge in [-0.3, -0.25) is 0 Å². The molecule has 1 fully saturated rings. The third kappa shape index (κ3) is 4.04. The Balaban J connectivity index is 1.95. The lowest BCUT2D eigenvalue weighted by atomic mass is 9.69. The third-order valence-electron chi connectivity index (χ3n) is 5.10. The number of nitrogens with one attached hydrogen (secondary N) is 1. The quantitative estimate of drug-likeness (QED) is 0.617. The van der Waals surface area contributed by atoms with Crippen LogP contribution in [-0.2, 0) is 0 Å². The standard InChI is InChI=1S/C17H24Cl2FN/c1-4-17(2,3)11-5-7-12(8-6-11)21-13-9-14(18)16(20)15(19)10-13/h9-12,21H,4-8H2,1-3H3. The summed E-state index contributed by atoms with van der Waals surface area (Å²) in [6.07, 6.45) is 5.97. The first-order chi connectivity index (χ1) is 9.83. The molecule has 2 rings (SSSR count). The minimum Gasteiger partial charge on any atom is -0.382 e. The highest BCUT2D eigenvalue weighted by atomic mass is 35.5. The van der Waals surface area contributed by atoms with Gasteiger partial charge in [0.15, 0.2) is 5.82 Å². The second-order valence-electron chi connectivity index (χ2n) is 6.79. The number of hydrogen-bond acceptors (Lipinski definition) is 1. The molecule has 0 atom stereocenters. The van der Waals surface area contributed by atoms with Gasteiger partial charge in [0.05, 0.1) is 10.0 Å². The highest BCUT2D eigenvalue weighted by molar-refractivity contribution is 6.35. The molecule has 0 bridgehead atoms. The van der Waals surface area contributed by atoms with Gasteiger partial charge in [-0.15, -0.1) is 0 Å². The Hall–Kier alpha value is -0.470. The van der Waals surface area contributed by atoms with Crippen molar-refractivity contribution in [2.24, 2.45) is 11.3 Å². The van der Waals surface area contributed by atoms with Crippen molar-refractivity contribution in [3.63, 3.8) is 0 Å². The van der Waals surface area contributed by atoms with Gasteiger partial charge < -0.3 is 5.32 Å². The summed E-state index contributed by atoms with van der Waals surface area (Å²) < 4.78 is 13.4. The summed E-state index contributed by atoms with van der Waals surface area (Å²) in [5, 5.41) is 3.59. The van der Waals surface area contributed by atoms with E-state index in [2.05, 4.69) is 26.1 Å². The molecule has 0 spiro atoms. The first-order valence-corrected chi connectivity index (χ1v) is 8.50. The maximum absolute atomic E-state index is 13.4. The molecule has 1 aliphatic carbocycles. The smallest absolute Gasteiger partial charge is 0.160 e. The molecule has 0 unspecified atom stereocenters. The summed E-state index contributed by atoms with van der Waals surface area (Å²) in [7, 11) is 0. The highest BCUT2D eigenvalue weighted by Gasteiger charge is 2.31. The van der Waals surface area contributed by atoms with Crippen molar-refractivity contribution in [2.45, 2.75) is 58.9 Å². The van der Waals surface area contributed by atoms with E-state index in [1.807, 2.05) is 0 Å². The third-order valence-corrected chi connectivity index (χ3v) is 5.65. The SMILES string of the molecule is CCC(C)(C)C1CCC(Nc2cc(Cl)c(F)c(Cl)c2)CC1. The second-order valence-corrected chi connectivity index (χ2v) is 7.60. The number of rotatable bonds is 4. The Labute approximate surface area is 137 Å². The minimum atomic E-state index is -0.544. The van der Waals surface area contributed by atoms with Crippen LogP contribution in [0.1, 0.15) is 52.9 Å². The van der Waals surface area contributed by atoms with E-state index in [0.717, 1.165) is 24.4 Å². The lowest BCUT2D eigenvalue weighted by Gasteiger charge is -2.39. The Morgan fingerprint density at radius 3 is 2.14 bits per heavy atom. The topological polar surface area (TPSA) is 12.0 Å². The number of anilines is 1. The van der Waals surface area contributed by atoms with Gasteiger partial charge in [-0.25, -0.2) is 4.39 Å². The molecule has 0 radical (unpaired) electrons. The molecule has 0 amide bonds. The Morgan fingerprint density at radius 1 is 1.14 bits per heavy atom. The summed E-state index contributed by atoms with van der Waals surface area (Å²) in [6, 6.07) is 3.65. The molecule has 1 aliphatic rings. The molecular formula is C17H24Cl2FN. The van der Waals surface area contributed by atoms with Gasteiger partial charge in [-0.1, -0.05) is 50.4 Å². The molecular weight excluding hydrogens is 308 g/mol. The average molecular weight is 332 g/mol. The van der Waals surface area contributed by atoms with E-state index >= 15 is 0 Å². The fraction of sp³-hybridized carbons (Fsp3) is 0.647. The van der Waals surface area contributed by atoms with Crippen molar-refractivity contribution >= 4 is 28.9 Å². The first kappa shape index (κ1) is 16.9. The van der Waals surface area contributed by atoms with Crippen molar-refractivity contribution in [3.05, 3.63) is 28.0 Å². The van der Waals surface area contributed by atoms with Crippen LogP contribution in [0.2, 0.25) is 10.0 Å². The number of hydrogen-bond donors (Lipinski definition) is 1. The molecule has 118 valence electrons. The van der Waals surface area contributed by atoms with Crippen LogP contribution in [0, 0.1) is 17.2 Å². The van der Waals surface area contributed by atoms with E-state index in [-0.39, 0.29) is 10.0 Å². The first-order valence-electron chi connectivity index (χ1n) is 7.74. The van der Waals surface area contributed by atoms with E-state index in [9.17, 15) is 4.39 Å². The molecule has 1 saturated carbocycles. The summed E-state index contributed by atoms with van der Waals surface area (Å²) in [6.45, 7) is 7.00. The predicted octanol–water partition coefficient (Wildman–Crippen LogP) is 6.54. The lowest BCUT2D eigenvalue weighted by Crippen LogP contribution is -2.32. The Morgan fingerprint density at radius 2 is 1.67 bits per heavy atom. The van der Waals surface area contributed by atoms with Crippen molar-refractivity contribution in [2.75, 3.05) is 5.32 Å². The summed E-state index contributed by atoms with van der Waals surface area (Å²) in [5.74, 6) is 0.248. The normalized spacial score (nSPS) is 23.1. The lowest BCUT2D eigenvalue weighted by molar-refractivity contribution is 0.147. The molecule has 4 heteroatoms. The van der Waals surface area contributed by atoms with Crippen molar-refractivity contribution in [3.8, 4) is 0 Å². The maximum Gasteiger partial charge on any atom is 0.160 e. The van der Waals surface area contributed by atoms with Crippen LogP contribution in [0.25, 0.3) is 0 Å². The van der Waals surface area contributed by atoms with Crippen LogP contribution in [0.4, 0.5) is 10.1 Å². The van der Waals surface area contributed by atoms with Gasteiger partial charge in [0, 0.05) is 11.7 Å². The van der Waals surface area contributed by atoms with E-state index < -0.39 is 5.82 Å². The Bertz CT molecular complexity index is 471. The second kappa shape index (κ2) is 6.75. The molecule has 0 saturated heterocycles. The molecule has 1 N–H and O–H groups in total. The van der Waals surface area contributed by atoms with Crippen LogP contribution < -0.4 is 5.32 Å². The zero-order chi connectivity index (χ0) is 15.6. The van der Waals surface area contributed by atoms with Gasteiger partial charge >= 0.3 is 0 Å². The molecule has 0 aromatic heterocycles. The molecule has 0 heterocycles. The fourth-order valence-electron chi connectivity index (χ4n) is 3.18. The van der Waals surface area contributed by atoms with Crippen LogP contribution in [0.5, 0.6) is 0 Å². The zero-order valence-corrected chi connectivity index (χ0v) is 14.5.